The van der Waals surface area contributed by atoms with E-state index in [0.717, 1.165) is 9.87 Å². The Morgan fingerprint density at radius 1 is 1.42 bits per heavy atom. The summed E-state index contributed by atoms with van der Waals surface area (Å²) < 4.78 is 25.1. The number of carboxylic acids is 1. The molecule has 0 fully saturated rings. The van der Waals surface area contributed by atoms with Crippen LogP contribution in [0.4, 0.5) is 0 Å². The van der Waals surface area contributed by atoms with Crippen molar-refractivity contribution in [3.8, 4) is 0 Å². The number of aromatic nitrogens is 1. The number of sulfonamides is 1. The SMILES string of the molecule is CC(CN(C)S(=O)(=O)CCc1ccncc1)C(=O)O. The maximum Gasteiger partial charge on any atom is 0.307 e. The van der Waals surface area contributed by atoms with E-state index < -0.39 is 21.9 Å². The molecule has 106 valence electrons. The number of hydrogen-bond acceptors (Lipinski definition) is 4. The first-order chi connectivity index (χ1) is 8.83. The minimum Gasteiger partial charge on any atom is -0.481 e. The van der Waals surface area contributed by atoms with Gasteiger partial charge in [-0.2, -0.15) is 0 Å². The monoisotopic (exact) mass is 286 g/mol. The number of aliphatic carboxylic acids is 1. The van der Waals surface area contributed by atoms with Crippen molar-refractivity contribution in [2.45, 2.75) is 13.3 Å². The third-order valence-electron chi connectivity index (χ3n) is 2.83. The fourth-order valence-corrected chi connectivity index (χ4v) is 2.79. The minimum atomic E-state index is -3.44. The van der Waals surface area contributed by atoms with Gasteiger partial charge in [-0.3, -0.25) is 9.78 Å². The van der Waals surface area contributed by atoms with Gasteiger partial charge in [-0.05, 0) is 24.1 Å². The Labute approximate surface area is 113 Å². The Hall–Kier alpha value is -1.47. The molecule has 1 atom stereocenters. The van der Waals surface area contributed by atoms with Gasteiger partial charge in [-0.25, -0.2) is 12.7 Å². The summed E-state index contributed by atoms with van der Waals surface area (Å²) in [5.41, 5.74) is 0.887. The van der Waals surface area contributed by atoms with Gasteiger partial charge in [-0.15, -0.1) is 0 Å². The molecule has 0 radical (unpaired) electrons. The van der Waals surface area contributed by atoms with Crippen molar-refractivity contribution in [1.82, 2.24) is 9.29 Å². The normalized spacial score (nSPS) is 13.4. The molecule has 1 aromatic rings. The highest BCUT2D eigenvalue weighted by atomic mass is 32.2. The van der Waals surface area contributed by atoms with Crippen molar-refractivity contribution >= 4 is 16.0 Å². The van der Waals surface area contributed by atoms with Gasteiger partial charge in [-0.1, -0.05) is 6.92 Å². The summed E-state index contributed by atoms with van der Waals surface area (Å²) in [4.78, 5) is 14.6. The summed E-state index contributed by atoms with van der Waals surface area (Å²) in [6, 6.07) is 3.52. The highest BCUT2D eigenvalue weighted by Gasteiger charge is 2.22. The molecule has 0 bridgehead atoms. The van der Waals surface area contributed by atoms with Crippen LogP contribution in [-0.4, -0.2) is 48.1 Å². The molecule has 0 aliphatic rings. The molecule has 0 amide bonds. The summed E-state index contributed by atoms with van der Waals surface area (Å²) in [5, 5.41) is 8.78. The quantitative estimate of drug-likeness (QED) is 0.793. The van der Waals surface area contributed by atoms with E-state index in [0.29, 0.717) is 6.42 Å². The number of carboxylic acid groups (broad SMARTS) is 1. The van der Waals surface area contributed by atoms with Gasteiger partial charge >= 0.3 is 5.97 Å². The maximum atomic E-state index is 12.0. The number of nitrogens with zero attached hydrogens (tertiary/aromatic N) is 2. The Morgan fingerprint density at radius 3 is 2.53 bits per heavy atom. The molecule has 1 unspecified atom stereocenters. The molecule has 0 aliphatic carbocycles. The van der Waals surface area contributed by atoms with Crippen LogP contribution in [0.1, 0.15) is 12.5 Å². The van der Waals surface area contributed by atoms with Crippen LogP contribution in [0.2, 0.25) is 0 Å². The maximum absolute atomic E-state index is 12.0. The lowest BCUT2D eigenvalue weighted by atomic mass is 10.2. The van der Waals surface area contributed by atoms with E-state index in [9.17, 15) is 13.2 Å². The van der Waals surface area contributed by atoms with Crippen molar-refractivity contribution < 1.29 is 18.3 Å². The lowest BCUT2D eigenvalue weighted by Crippen LogP contribution is -2.35. The molecular formula is C12H18N2O4S. The van der Waals surface area contributed by atoms with Gasteiger partial charge < -0.3 is 5.11 Å². The zero-order chi connectivity index (χ0) is 14.5. The van der Waals surface area contributed by atoms with Gasteiger partial charge in [0.1, 0.15) is 0 Å². The fourth-order valence-electron chi connectivity index (χ4n) is 1.53. The standard InChI is InChI=1S/C12H18N2O4S/c1-10(12(15)16)9-14(2)19(17,18)8-5-11-3-6-13-7-4-11/h3-4,6-7,10H,5,8-9H2,1-2H3,(H,15,16). The van der Waals surface area contributed by atoms with E-state index in [1.807, 2.05) is 0 Å². The van der Waals surface area contributed by atoms with Crippen LogP contribution in [0.25, 0.3) is 0 Å². The van der Waals surface area contributed by atoms with Crippen molar-refractivity contribution in [2.75, 3.05) is 19.3 Å². The van der Waals surface area contributed by atoms with Crippen molar-refractivity contribution in [3.63, 3.8) is 0 Å². The van der Waals surface area contributed by atoms with Crippen molar-refractivity contribution in [3.05, 3.63) is 30.1 Å². The summed E-state index contributed by atoms with van der Waals surface area (Å²) in [6.45, 7) is 1.46. The molecule has 1 rings (SSSR count). The van der Waals surface area contributed by atoms with Crippen LogP contribution in [0.5, 0.6) is 0 Å². The molecule has 0 saturated carbocycles. The molecule has 1 aromatic heterocycles. The van der Waals surface area contributed by atoms with Gasteiger partial charge in [0.2, 0.25) is 10.0 Å². The minimum absolute atomic E-state index is 0.0198. The second-order valence-corrected chi connectivity index (χ2v) is 6.64. The summed E-state index contributed by atoms with van der Waals surface area (Å²) >= 11 is 0. The first kappa shape index (κ1) is 15.6. The highest BCUT2D eigenvalue weighted by Crippen LogP contribution is 2.07. The van der Waals surface area contributed by atoms with E-state index in [1.54, 1.807) is 24.5 Å². The molecule has 0 aromatic carbocycles. The van der Waals surface area contributed by atoms with E-state index in [1.165, 1.54) is 14.0 Å². The third-order valence-corrected chi connectivity index (χ3v) is 4.64. The van der Waals surface area contributed by atoms with Crippen LogP contribution in [0.15, 0.2) is 24.5 Å². The van der Waals surface area contributed by atoms with E-state index in [2.05, 4.69) is 4.98 Å². The molecule has 6 nitrogen and oxygen atoms in total. The predicted molar refractivity (Wildman–Crippen MR) is 71.2 cm³/mol. The lowest BCUT2D eigenvalue weighted by Gasteiger charge is -2.19. The summed E-state index contributed by atoms with van der Waals surface area (Å²) in [5.74, 6) is -1.77. The van der Waals surface area contributed by atoms with Crippen LogP contribution in [-0.2, 0) is 21.2 Å². The van der Waals surface area contributed by atoms with E-state index >= 15 is 0 Å². The summed E-state index contributed by atoms with van der Waals surface area (Å²) in [7, 11) is -2.03. The second kappa shape index (κ2) is 6.63. The van der Waals surface area contributed by atoms with Crippen LogP contribution < -0.4 is 0 Å². The Bertz CT molecular complexity index is 516. The zero-order valence-corrected chi connectivity index (χ0v) is 11.8. The smallest absolute Gasteiger partial charge is 0.307 e. The summed E-state index contributed by atoms with van der Waals surface area (Å²) in [6.07, 6.45) is 3.60. The van der Waals surface area contributed by atoms with Gasteiger partial charge in [0.05, 0.1) is 11.7 Å². The molecule has 1 heterocycles. The number of carbonyl (C=O) groups is 1. The van der Waals surface area contributed by atoms with Gasteiger partial charge in [0.25, 0.3) is 0 Å². The molecule has 7 heteroatoms. The average Bonchev–Trinajstić information content (AvgIpc) is 2.37. The molecule has 1 N–H and O–H groups in total. The Morgan fingerprint density at radius 2 is 2.00 bits per heavy atom. The molecule has 19 heavy (non-hydrogen) atoms. The Balaban J connectivity index is 2.58. The molecule has 0 spiro atoms. The van der Waals surface area contributed by atoms with Crippen LogP contribution in [0, 0.1) is 5.92 Å². The van der Waals surface area contributed by atoms with Crippen LogP contribution in [0.3, 0.4) is 0 Å². The highest BCUT2D eigenvalue weighted by molar-refractivity contribution is 7.89. The number of pyridine rings is 1. The average molecular weight is 286 g/mol. The van der Waals surface area contributed by atoms with Crippen molar-refractivity contribution in [1.29, 1.82) is 0 Å². The van der Waals surface area contributed by atoms with E-state index in [-0.39, 0.29) is 12.3 Å². The number of hydrogen-bond donors (Lipinski definition) is 1. The van der Waals surface area contributed by atoms with Crippen LogP contribution >= 0.6 is 0 Å². The van der Waals surface area contributed by atoms with Gasteiger partial charge in [0, 0.05) is 26.0 Å². The predicted octanol–water partition coefficient (Wildman–Crippen LogP) is 0.606. The van der Waals surface area contributed by atoms with Gasteiger partial charge in [0.15, 0.2) is 0 Å². The molecule has 0 saturated heterocycles. The fraction of sp³-hybridized carbons (Fsp3) is 0.500. The first-order valence-corrected chi connectivity index (χ1v) is 7.49. The number of rotatable bonds is 7. The third kappa shape index (κ3) is 4.96. The largest absolute Gasteiger partial charge is 0.481 e. The Kier molecular flexibility index (Phi) is 5.44. The zero-order valence-electron chi connectivity index (χ0n) is 11.0. The molecular weight excluding hydrogens is 268 g/mol. The topological polar surface area (TPSA) is 87.6 Å². The first-order valence-electron chi connectivity index (χ1n) is 5.88. The second-order valence-electron chi connectivity index (χ2n) is 4.44. The van der Waals surface area contributed by atoms with E-state index in [4.69, 9.17) is 5.11 Å². The lowest BCUT2D eigenvalue weighted by molar-refractivity contribution is -0.141. The van der Waals surface area contributed by atoms with Crippen molar-refractivity contribution in [2.24, 2.45) is 5.92 Å². The molecule has 0 aliphatic heterocycles. The number of aryl methyl sites for hydroxylation is 1.